The second-order valence-corrected chi connectivity index (χ2v) is 4.93. The van der Waals surface area contributed by atoms with Crippen molar-refractivity contribution in [1.29, 1.82) is 0 Å². The van der Waals surface area contributed by atoms with Gasteiger partial charge in [0.25, 0.3) is 0 Å². The van der Waals surface area contributed by atoms with Gasteiger partial charge in [-0.3, -0.25) is 4.79 Å². The first-order valence-electron chi connectivity index (χ1n) is 6.08. The summed E-state index contributed by atoms with van der Waals surface area (Å²) in [4.78, 5) is 10.7. The van der Waals surface area contributed by atoms with Crippen molar-refractivity contribution in [3.05, 3.63) is 35.4 Å². The summed E-state index contributed by atoms with van der Waals surface area (Å²) in [6.07, 6.45) is 2.10. The summed E-state index contributed by atoms with van der Waals surface area (Å²) in [7, 11) is 0. The number of aliphatic carboxylic acids is 1. The molecule has 0 aliphatic heterocycles. The molecule has 2 rings (SSSR count). The van der Waals surface area contributed by atoms with Gasteiger partial charge in [-0.15, -0.1) is 0 Å². The summed E-state index contributed by atoms with van der Waals surface area (Å²) in [5.41, 5.74) is 2.13. The number of aliphatic hydroxyl groups excluding tert-OH is 1. The first-order chi connectivity index (χ1) is 8.08. The minimum Gasteiger partial charge on any atom is -0.481 e. The molecule has 2 atom stereocenters. The summed E-state index contributed by atoms with van der Waals surface area (Å²) in [6.45, 7) is 1.62. The van der Waals surface area contributed by atoms with E-state index in [1.807, 2.05) is 24.3 Å². The van der Waals surface area contributed by atoms with Crippen LogP contribution in [0.5, 0.6) is 0 Å². The Kier molecular flexibility index (Phi) is 3.48. The van der Waals surface area contributed by atoms with E-state index >= 15 is 0 Å². The number of rotatable bonds is 5. The zero-order valence-electron chi connectivity index (χ0n) is 9.97. The molecule has 0 amide bonds. The predicted molar refractivity (Wildman–Crippen MR) is 64.8 cm³/mol. The lowest BCUT2D eigenvalue weighted by Gasteiger charge is -2.14. The Morgan fingerprint density at radius 2 is 1.94 bits per heavy atom. The highest BCUT2D eigenvalue weighted by Crippen LogP contribution is 2.40. The van der Waals surface area contributed by atoms with Gasteiger partial charge in [0.15, 0.2) is 0 Å². The maximum absolute atomic E-state index is 10.7. The van der Waals surface area contributed by atoms with Gasteiger partial charge < -0.3 is 10.2 Å². The molecule has 3 nitrogen and oxygen atoms in total. The Bertz CT molecular complexity index is 392. The van der Waals surface area contributed by atoms with Gasteiger partial charge in [-0.2, -0.15) is 0 Å². The molecule has 3 heteroatoms. The lowest BCUT2D eigenvalue weighted by molar-refractivity contribution is -0.142. The number of benzene rings is 1. The van der Waals surface area contributed by atoms with Crippen LogP contribution in [0, 0.1) is 5.92 Å². The molecule has 0 spiro atoms. The average molecular weight is 234 g/mol. The molecule has 92 valence electrons. The largest absolute Gasteiger partial charge is 0.481 e. The minimum atomic E-state index is -0.862. The lowest BCUT2D eigenvalue weighted by Crippen LogP contribution is -2.13. The normalized spacial score (nSPS) is 18.7. The first kappa shape index (κ1) is 12.1. The van der Waals surface area contributed by atoms with Crippen molar-refractivity contribution in [2.45, 2.75) is 38.2 Å². The van der Waals surface area contributed by atoms with Gasteiger partial charge in [-0.05, 0) is 36.3 Å². The summed E-state index contributed by atoms with van der Waals surface area (Å²) >= 11 is 0. The molecular formula is C14H18O3. The maximum Gasteiger partial charge on any atom is 0.306 e. The van der Waals surface area contributed by atoms with Crippen LogP contribution in [0.15, 0.2) is 24.3 Å². The standard InChI is InChI=1S/C14H18O3/c1-9(14(16)17)8-13(15)12-6-4-11(5-7-12)10-2-3-10/h4-7,9-10,13,15H,2-3,8H2,1H3,(H,16,17). The fourth-order valence-corrected chi connectivity index (χ4v) is 1.98. The van der Waals surface area contributed by atoms with Crippen LogP contribution >= 0.6 is 0 Å². The smallest absolute Gasteiger partial charge is 0.306 e. The quantitative estimate of drug-likeness (QED) is 0.823. The Balaban J connectivity index is 1.98. The third kappa shape index (κ3) is 3.07. The van der Waals surface area contributed by atoms with Crippen molar-refractivity contribution in [3.8, 4) is 0 Å². The molecule has 1 saturated carbocycles. The molecule has 0 radical (unpaired) electrons. The molecule has 2 N–H and O–H groups in total. The van der Waals surface area contributed by atoms with E-state index in [2.05, 4.69) is 0 Å². The third-order valence-corrected chi connectivity index (χ3v) is 3.37. The molecule has 0 heterocycles. The number of hydrogen-bond acceptors (Lipinski definition) is 2. The molecule has 17 heavy (non-hydrogen) atoms. The van der Waals surface area contributed by atoms with E-state index in [1.54, 1.807) is 6.92 Å². The van der Waals surface area contributed by atoms with Crippen LogP contribution in [0.3, 0.4) is 0 Å². The highest BCUT2D eigenvalue weighted by atomic mass is 16.4. The van der Waals surface area contributed by atoms with E-state index in [9.17, 15) is 9.90 Å². The zero-order valence-corrected chi connectivity index (χ0v) is 9.97. The Labute approximate surface area is 101 Å². The van der Waals surface area contributed by atoms with Crippen LogP contribution in [0.4, 0.5) is 0 Å². The van der Waals surface area contributed by atoms with Gasteiger partial charge in [-0.1, -0.05) is 31.2 Å². The molecule has 1 aliphatic carbocycles. The van der Waals surface area contributed by atoms with Crippen molar-refractivity contribution < 1.29 is 15.0 Å². The van der Waals surface area contributed by atoms with E-state index in [0.29, 0.717) is 5.92 Å². The molecule has 2 unspecified atom stereocenters. The number of carboxylic acids is 1. The highest BCUT2D eigenvalue weighted by Gasteiger charge is 2.23. The lowest BCUT2D eigenvalue weighted by atomic mass is 9.97. The Morgan fingerprint density at radius 1 is 1.35 bits per heavy atom. The molecule has 0 saturated heterocycles. The van der Waals surface area contributed by atoms with Crippen LogP contribution in [-0.2, 0) is 4.79 Å². The van der Waals surface area contributed by atoms with Gasteiger partial charge >= 0.3 is 5.97 Å². The van der Waals surface area contributed by atoms with Crippen molar-refractivity contribution in [1.82, 2.24) is 0 Å². The molecule has 0 aromatic heterocycles. The number of carbonyl (C=O) groups is 1. The summed E-state index contributed by atoms with van der Waals surface area (Å²) in [5.74, 6) is -0.675. The molecule has 1 fully saturated rings. The number of carboxylic acid groups (broad SMARTS) is 1. The van der Waals surface area contributed by atoms with Crippen molar-refractivity contribution in [2.75, 3.05) is 0 Å². The van der Waals surface area contributed by atoms with Crippen molar-refractivity contribution in [2.24, 2.45) is 5.92 Å². The predicted octanol–water partition coefficient (Wildman–Crippen LogP) is 2.71. The second-order valence-electron chi connectivity index (χ2n) is 4.93. The van der Waals surface area contributed by atoms with Crippen molar-refractivity contribution in [3.63, 3.8) is 0 Å². The molecular weight excluding hydrogens is 216 g/mol. The van der Waals surface area contributed by atoms with E-state index in [1.165, 1.54) is 18.4 Å². The molecule has 1 aliphatic rings. The van der Waals surface area contributed by atoms with Crippen LogP contribution in [0.1, 0.15) is 49.3 Å². The summed E-state index contributed by atoms with van der Waals surface area (Å²) in [5, 5.41) is 18.7. The fourth-order valence-electron chi connectivity index (χ4n) is 1.98. The van der Waals surface area contributed by atoms with Crippen LogP contribution < -0.4 is 0 Å². The van der Waals surface area contributed by atoms with Gasteiger partial charge in [0.05, 0.1) is 12.0 Å². The highest BCUT2D eigenvalue weighted by molar-refractivity contribution is 5.69. The second kappa shape index (κ2) is 4.88. The third-order valence-electron chi connectivity index (χ3n) is 3.37. The zero-order chi connectivity index (χ0) is 12.4. The minimum absolute atomic E-state index is 0.262. The van der Waals surface area contributed by atoms with Gasteiger partial charge in [0.1, 0.15) is 0 Å². The summed E-state index contributed by atoms with van der Waals surface area (Å²) in [6, 6.07) is 7.91. The monoisotopic (exact) mass is 234 g/mol. The van der Waals surface area contributed by atoms with E-state index in [-0.39, 0.29) is 6.42 Å². The van der Waals surface area contributed by atoms with E-state index < -0.39 is 18.0 Å². The number of hydrogen-bond donors (Lipinski definition) is 2. The fraction of sp³-hybridized carbons (Fsp3) is 0.500. The molecule has 1 aromatic carbocycles. The first-order valence-corrected chi connectivity index (χ1v) is 6.08. The Hall–Kier alpha value is -1.35. The van der Waals surface area contributed by atoms with E-state index in [0.717, 1.165) is 5.56 Å². The van der Waals surface area contributed by atoms with Gasteiger partial charge in [-0.25, -0.2) is 0 Å². The van der Waals surface area contributed by atoms with Crippen LogP contribution in [0.2, 0.25) is 0 Å². The summed E-state index contributed by atoms with van der Waals surface area (Å²) < 4.78 is 0. The maximum atomic E-state index is 10.7. The molecule has 1 aromatic rings. The van der Waals surface area contributed by atoms with Crippen LogP contribution in [-0.4, -0.2) is 16.2 Å². The van der Waals surface area contributed by atoms with Gasteiger partial charge in [0.2, 0.25) is 0 Å². The van der Waals surface area contributed by atoms with E-state index in [4.69, 9.17) is 5.11 Å². The van der Waals surface area contributed by atoms with Crippen molar-refractivity contribution >= 4 is 5.97 Å². The molecule has 0 bridgehead atoms. The Morgan fingerprint density at radius 3 is 2.41 bits per heavy atom. The number of aliphatic hydroxyl groups is 1. The van der Waals surface area contributed by atoms with Crippen LogP contribution in [0.25, 0.3) is 0 Å². The van der Waals surface area contributed by atoms with Gasteiger partial charge in [0, 0.05) is 0 Å². The SMILES string of the molecule is CC(CC(O)c1ccc(C2CC2)cc1)C(=O)O. The average Bonchev–Trinajstić information content (AvgIpc) is 3.13. The topological polar surface area (TPSA) is 57.5 Å².